The molecule has 3 rings (SSSR count). The Hall–Kier alpha value is -3.11. The lowest BCUT2D eigenvalue weighted by Gasteiger charge is -2.13. The number of carboxylic acid groups (broad SMARTS) is 1. The number of hydrogen-bond acceptors (Lipinski definition) is 3. The zero-order valence-electron chi connectivity index (χ0n) is 14.9. The van der Waals surface area contributed by atoms with E-state index in [1.807, 2.05) is 37.3 Å². The van der Waals surface area contributed by atoms with Crippen molar-refractivity contribution in [3.05, 3.63) is 87.4 Å². The molecule has 0 amide bonds. The van der Waals surface area contributed by atoms with E-state index in [0.29, 0.717) is 11.1 Å². The zero-order valence-corrected chi connectivity index (χ0v) is 15.7. The fraction of sp³-hybridized carbons (Fsp3) is 0.0909. The van der Waals surface area contributed by atoms with Crippen molar-refractivity contribution in [2.45, 2.75) is 13.8 Å². The fourth-order valence-electron chi connectivity index (χ4n) is 2.91. The molecule has 136 valence electrons. The monoisotopic (exact) mass is 379 g/mol. The quantitative estimate of drug-likeness (QED) is 0.486. The van der Waals surface area contributed by atoms with Gasteiger partial charge in [-0.25, -0.2) is 4.79 Å². The molecule has 27 heavy (non-hydrogen) atoms. The normalized spacial score (nSPS) is 10.6. The van der Waals surface area contributed by atoms with E-state index in [9.17, 15) is 14.7 Å². The van der Waals surface area contributed by atoms with Gasteiger partial charge < -0.3 is 10.8 Å². The third-order valence-corrected chi connectivity index (χ3v) is 4.93. The number of nitrogens with two attached hydrogens (primary N) is 1. The molecule has 5 heteroatoms. The summed E-state index contributed by atoms with van der Waals surface area (Å²) in [6, 6.07) is 16.3. The van der Waals surface area contributed by atoms with Gasteiger partial charge in [-0.05, 0) is 42.7 Å². The minimum Gasteiger partial charge on any atom is -0.478 e. The van der Waals surface area contributed by atoms with Crippen LogP contribution in [0.25, 0.3) is 11.1 Å². The molecule has 0 aromatic heterocycles. The SMILES string of the molecule is Cc1ccc(-c2cccc(C(=O)c3c(C(=O)O)cc(Cl)c(C)c3N)c2)cc1. The number of aromatic carboxylic acids is 1. The van der Waals surface area contributed by atoms with Gasteiger partial charge in [-0.1, -0.05) is 59.6 Å². The van der Waals surface area contributed by atoms with Crippen LogP contribution in [0, 0.1) is 13.8 Å². The van der Waals surface area contributed by atoms with Crippen molar-refractivity contribution < 1.29 is 14.7 Å². The third kappa shape index (κ3) is 3.57. The van der Waals surface area contributed by atoms with Crippen LogP contribution in [0.4, 0.5) is 5.69 Å². The lowest BCUT2D eigenvalue weighted by molar-refractivity contribution is 0.0693. The molecule has 0 atom stereocenters. The number of hydrogen-bond donors (Lipinski definition) is 2. The standard InChI is InChI=1S/C22H18ClNO3/c1-12-6-8-14(9-7-12)15-4-3-5-16(10-15)21(25)19-17(22(26)27)11-18(23)13(2)20(19)24/h3-11H,24H2,1-2H3,(H,26,27). The molecule has 3 N–H and O–H groups in total. The topological polar surface area (TPSA) is 80.4 Å². The number of ketones is 1. The van der Waals surface area contributed by atoms with E-state index in [2.05, 4.69) is 0 Å². The number of carboxylic acids is 1. The maximum Gasteiger partial charge on any atom is 0.336 e. The van der Waals surface area contributed by atoms with Crippen molar-refractivity contribution in [3.8, 4) is 11.1 Å². The number of carbonyl (C=O) groups excluding carboxylic acids is 1. The first-order chi connectivity index (χ1) is 12.8. The summed E-state index contributed by atoms with van der Waals surface area (Å²) in [6.45, 7) is 3.66. The molecule has 3 aromatic rings. The molecule has 0 bridgehead atoms. The van der Waals surface area contributed by atoms with Gasteiger partial charge in [-0.2, -0.15) is 0 Å². The Bertz CT molecular complexity index is 1060. The summed E-state index contributed by atoms with van der Waals surface area (Å²) in [4.78, 5) is 24.7. The third-order valence-electron chi connectivity index (χ3n) is 4.54. The molecule has 3 aromatic carbocycles. The minimum atomic E-state index is -1.25. The number of aryl methyl sites for hydroxylation is 1. The molecular weight excluding hydrogens is 362 g/mol. The Morgan fingerprint density at radius 2 is 1.63 bits per heavy atom. The molecule has 0 radical (unpaired) electrons. The van der Waals surface area contributed by atoms with Crippen LogP contribution in [-0.4, -0.2) is 16.9 Å². The highest BCUT2D eigenvalue weighted by atomic mass is 35.5. The summed E-state index contributed by atoms with van der Waals surface area (Å²) in [6.07, 6.45) is 0. The predicted molar refractivity (Wildman–Crippen MR) is 108 cm³/mol. The maximum atomic E-state index is 13.1. The van der Waals surface area contributed by atoms with E-state index in [4.69, 9.17) is 17.3 Å². The van der Waals surface area contributed by atoms with Gasteiger partial charge in [0.2, 0.25) is 0 Å². The van der Waals surface area contributed by atoms with Crippen LogP contribution in [-0.2, 0) is 0 Å². The van der Waals surface area contributed by atoms with Gasteiger partial charge >= 0.3 is 5.97 Å². The van der Waals surface area contributed by atoms with Gasteiger partial charge in [0.1, 0.15) is 0 Å². The van der Waals surface area contributed by atoms with E-state index in [1.54, 1.807) is 25.1 Å². The van der Waals surface area contributed by atoms with Crippen molar-refractivity contribution in [1.29, 1.82) is 0 Å². The molecule has 0 spiro atoms. The summed E-state index contributed by atoms with van der Waals surface area (Å²) in [7, 11) is 0. The number of anilines is 1. The predicted octanol–water partition coefficient (Wildman–Crippen LogP) is 5.14. The molecule has 0 aliphatic heterocycles. The number of rotatable bonds is 4. The van der Waals surface area contributed by atoms with Crippen LogP contribution < -0.4 is 5.73 Å². The van der Waals surface area contributed by atoms with E-state index >= 15 is 0 Å². The van der Waals surface area contributed by atoms with Crippen molar-refractivity contribution >= 4 is 29.0 Å². The minimum absolute atomic E-state index is 0.0366. The second kappa shape index (κ2) is 7.25. The molecule has 0 heterocycles. The molecular formula is C22H18ClNO3. The molecule has 0 saturated heterocycles. The molecule has 4 nitrogen and oxygen atoms in total. The van der Waals surface area contributed by atoms with Crippen molar-refractivity contribution in [2.75, 3.05) is 5.73 Å². The van der Waals surface area contributed by atoms with Crippen LogP contribution in [0.2, 0.25) is 5.02 Å². The zero-order chi connectivity index (χ0) is 19.7. The summed E-state index contributed by atoms with van der Waals surface area (Å²) < 4.78 is 0. The van der Waals surface area contributed by atoms with Gasteiger partial charge in [0.05, 0.1) is 11.1 Å². The molecule has 0 unspecified atom stereocenters. The van der Waals surface area contributed by atoms with Crippen LogP contribution in [0.3, 0.4) is 0 Å². The van der Waals surface area contributed by atoms with Gasteiger partial charge in [-0.3, -0.25) is 4.79 Å². The van der Waals surface area contributed by atoms with Crippen LogP contribution in [0.1, 0.15) is 37.4 Å². The van der Waals surface area contributed by atoms with E-state index in [0.717, 1.165) is 16.7 Å². The summed E-state index contributed by atoms with van der Waals surface area (Å²) >= 11 is 6.05. The number of nitrogen functional groups attached to an aromatic ring is 1. The van der Waals surface area contributed by atoms with Crippen molar-refractivity contribution in [2.24, 2.45) is 0 Å². The first-order valence-electron chi connectivity index (χ1n) is 8.33. The highest BCUT2D eigenvalue weighted by molar-refractivity contribution is 6.33. The van der Waals surface area contributed by atoms with Gasteiger partial charge in [0, 0.05) is 16.3 Å². The summed E-state index contributed by atoms with van der Waals surface area (Å²) in [5.41, 5.74) is 9.73. The smallest absolute Gasteiger partial charge is 0.336 e. The first kappa shape index (κ1) is 18.7. The lowest BCUT2D eigenvalue weighted by Crippen LogP contribution is -2.14. The average Bonchev–Trinajstić information content (AvgIpc) is 2.66. The Kier molecular flexibility index (Phi) is 5.02. The number of benzene rings is 3. The second-order valence-corrected chi connectivity index (χ2v) is 6.81. The van der Waals surface area contributed by atoms with Gasteiger partial charge in [-0.15, -0.1) is 0 Å². The van der Waals surface area contributed by atoms with Gasteiger partial charge in [0.25, 0.3) is 0 Å². The number of carbonyl (C=O) groups is 2. The summed E-state index contributed by atoms with van der Waals surface area (Å²) in [5.74, 6) is -1.69. The highest BCUT2D eigenvalue weighted by Crippen LogP contribution is 2.31. The number of halogens is 1. The average molecular weight is 380 g/mol. The van der Waals surface area contributed by atoms with E-state index in [1.165, 1.54) is 6.07 Å². The molecule has 0 aliphatic rings. The summed E-state index contributed by atoms with van der Waals surface area (Å²) in [5, 5.41) is 9.71. The maximum absolute atomic E-state index is 13.1. The second-order valence-electron chi connectivity index (χ2n) is 6.40. The van der Waals surface area contributed by atoms with Gasteiger partial charge in [0.15, 0.2) is 5.78 Å². The van der Waals surface area contributed by atoms with E-state index < -0.39 is 11.8 Å². The fourth-order valence-corrected chi connectivity index (χ4v) is 3.12. The van der Waals surface area contributed by atoms with Crippen molar-refractivity contribution in [3.63, 3.8) is 0 Å². The van der Waals surface area contributed by atoms with E-state index in [-0.39, 0.29) is 21.8 Å². The molecule has 0 saturated carbocycles. The Morgan fingerprint density at radius 3 is 2.26 bits per heavy atom. The Morgan fingerprint density at radius 1 is 0.963 bits per heavy atom. The Labute approximate surface area is 162 Å². The first-order valence-corrected chi connectivity index (χ1v) is 8.71. The van der Waals surface area contributed by atoms with Crippen LogP contribution in [0.15, 0.2) is 54.6 Å². The highest BCUT2D eigenvalue weighted by Gasteiger charge is 2.24. The van der Waals surface area contributed by atoms with Crippen LogP contribution >= 0.6 is 11.6 Å². The molecule has 0 aliphatic carbocycles. The lowest BCUT2D eigenvalue weighted by atomic mass is 9.92. The molecule has 0 fully saturated rings. The van der Waals surface area contributed by atoms with Crippen molar-refractivity contribution in [1.82, 2.24) is 0 Å². The largest absolute Gasteiger partial charge is 0.478 e. The Balaban J connectivity index is 2.12. The van der Waals surface area contributed by atoms with Crippen LogP contribution in [0.5, 0.6) is 0 Å².